The molecule has 0 spiro atoms. The first kappa shape index (κ1) is 13.4. The van der Waals surface area contributed by atoms with Crippen LogP contribution in [-0.2, 0) is 0 Å². The van der Waals surface area contributed by atoms with Gasteiger partial charge < -0.3 is 5.73 Å². The number of rotatable bonds is 2. The molecule has 0 saturated heterocycles. The van der Waals surface area contributed by atoms with E-state index in [1.165, 1.54) is 11.1 Å². The van der Waals surface area contributed by atoms with Crippen molar-refractivity contribution < 1.29 is 0 Å². The summed E-state index contributed by atoms with van der Waals surface area (Å²) in [4.78, 5) is 0. The summed E-state index contributed by atoms with van der Waals surface area (Å²) in [7, 11) is 0. The molecular formula is C18H19N3. The van der Waals surface area contributed by atoms with Gasteiger partial charge in [-0.25, -0.2) is 4.68 Å². The van der Waals surface area contributed by atoms with Crippen LogP contribution in [0.3, 0.4) is 0 Å². The fourth-order valence-electron chi connectivity index (χ4n) is 2.40. The van der Waals surface area contributed by atoms with Crippen LogP contribution >= 0.6 is 0 Å². The average molecular weight is 277 g/mol. The molecule has 0 unspecified atom stereocenters. The molecule has 0 amide bonds. The number of aryl methyl sites for hydroxylation is 3. The Balaban J connectivity index is 2.09. The second kappa shape index (κ2) is 5.09. The van der Waals surface area contributed by atoms with Crippen LogP contribution in [0.4, 0.5) is 5.82 Å². The second-order valence-corrected chi connectivity index (χ2v) is 5.52. The first-order valence-electron chi connectivity index (χ1n) is 7.05. The predicted octanol–water partition coefficient (Wildman–Crippen LogP) is 4.05. The van der Waals surface area contributed by atoms with Crippen LogP contribution in [0, 0.1) is 20.8 Å². The number of nitrogen functional groups attached to an aromatic ring is 1. The molecule has 21 heavy (non-hydrogen) atoms. The van der Waals surface area contributed by atoms with Gasteiger partial charge in [0.05, 0.1) is 11.4 Å². The lowest BCUT2D eigenvalue weighted by molar-refractivity contribution is 0.885. The van der Waals surface area contributed by atoms with Gasteiger partial charge in [0.25, 0.3) is 0 Å². The van der Waals surface area contributed by atoms with Gasteiger partial charge in [-0.1, -0.05) is 42.0 Å². The van der Waals surface area contributed by atoms with Gasteiger partial charge in [0.1, 0.15) is 5.82 Å². The zero-order valence-corrected chi connectivity index (χ0v) is 12.6. The number of nitrogens with two attached hydrogens (primary N) is 1. The van der Waals surface area contributed by atoms with Crippen molar-refractivity contribution in [3.63, 3.8) is 0 Å². The molecule has 106 valence electrons. The molecule has 2 aromatic carbocycles. The normalized spacial score (nSPS) is 10.8. The first-order chi connectivity index (χ1) is 10.0. The number of benzene rings is 2. The van der Waals surface area contributed by atoms with Crippen molar-refractivity contribution in [3.05, 3.63) is 65.2 Å². The van der Waals surface area contributed by atoms with Gasteiger partial charge in [-0.05, 0) is 38.0 Å². The molecule has 0 fully saturated rings. The van der Waals surface area contributed by atoms with Crippen LogP contribution in [0.5, 0.6) is 0 Å². The van der Waals surface area contributed by atoms with Gasteiger partial charge in [0.15, 0.2) is 0 Å². The van der Waals surface area contributed by atoms with Crippen molar-refractivity contribution in [1.82, 2.24) is 9.78 Å². The van der Waals surface area contributed by atoms with Crippen molar-refractivity contribution in [1.29, 1.82) is 0 Å². The zero-order valence-electron chi connectivity index (χ0n) is 12.6. The van der Waals surface area contributed by atoms with Crippen molar-refractivity contribution in [2.45, 2.75) is 20.8 Å². The van der Waals surface area contributed by atoms with E-state index in [4.69, 9.17) is 5.73 Å². The van der Waals surface area contributed by atoms with E-state index in [0.717, 1.165) is 22.5 Å². The lowest BCUT2D eigenvalue weighted by Gasteiger charge is -2.08. The van der Waals surface area contributed by atoms with E-state index >= 15 is 0 Å². The van der Waals surface area contributed by atoms with Gasteiger partial charge in [-0.15, -0.1) is 0 Å². The highest BCUT2D eigenvalue weighted by Gasteiger charge is 2.10. The quantitative estimate of drug-likeness (QED) is 0.768. The van der Waals surface area contributed by atoms with Crippen LogP contribution in [0.15, 0.2) is 48.5 Å². The molecule has 0 atom stereocenters. The molecule has 3 aromatic rings. The third kappa shape index (κ3) is 2.55. The van der Waals surface area contributed by atoms with E-state index in [1.807, 2.05) is 10.7 Å². The summed E-state index contributed by atoms with van der Waals surface area (Å²) >= 11 is 0. The Bertz CT molecular complexity index is 783. The lowest BCUT2D eigenvalue weighted by atomic mass is 10.1. The minimum Gasteiger partial charge on any atom is -0.384 e. The SMILES string of the molecule is Cc1ccc(-c2cc(N)n(-c3cc(C)ccc3C)n2)cc1. The Morgan fingerprint density at radius 2 is 1.52 bits per heavy atom. The molecule has 0 radical (unpaired) electrons. The Morgan fingerprint density at radius 3 is 2.24 bits per heavy atom. The summed E-state index contributed by atoms with van der Waals surface area (Å²) in [6.45, 7) is 6.22. The Labute approximate surface area is 125 Å². The molecule has 0 saturated carbocycles. The van der Waals surface area contributed by atoms with E-state index in [9.17, 15) is 0 Å². The summed E-state index contributed by atoms with van der Waals surface area (Å²) in [5.41, 5.74) is 12.8. The van der Waals surface area contributed by atoms with Crippen LogP contribution in [0.25, 0.3) is 16.9 Å². The van der Waals surface area contributed by atoms with E-state index in [1.54, 1.807) is 0 Å². The smallest absolute Gasteiger partial charge is 0.127 e. The standard InChI is InChI=1S/C18H19N3/c1-12-5-8-15(9-6-12)16-11-18(19)21(20-16)17-10-13(2)4-7-14(17)3/h4-11H,19H2,1-3H3. The molecule has 0 aliphatic heterocycles. The molecule has 3 rings (SSSR count). The minimum absolute atomic E-state index is 0.652. The van der Waals surface area contributed by atoms with Gasteiger partial charge in [-0.2, -0.15) is 5.10 Å². The van der Waals surface area contributed by atoms with E-state index in [0.29, 0.717) is 5.82 Å². The summed E-state index contributed by atoms with van der Waals surface area (Å²) in [5, 5.41) is 4.67. The molecule has 3 heteroatoms. The summed E-state index contributed by atoms with van der Waals surface area (Å²) in [6.07, 6.45) is 0. The first-order valence-corrected chi connectivity index (χ1v) is 7.05. The molecule has 3 nitrogen and oxygen atoms in total. The maximum absolute atomic E-state index is 6.16. The largest absolute Gasteiger partial charge is 0.384 e. The molecular weight excluding hydrogens is 258 g/mol. The van der Waals surface area contributed by atoms with E-state index in [2.05, 4.69) is 68.3 Å². The molecule has 1 heterocycles. The Kier molecular flexibility index (Phi) is 3.26. The fourth-order valence-corrected chi connectivity index (χ4v) is 2.40. The Morgan fingerprint density at radius 1 is 0.857 bits per heavy atom. The number of aromatic nitrogens is 2. The van der Waals surface area contributed by atoms with Gasteiger partial charge >= 0.3 is 0 Å². The third-order valence-corrected chi connectivity index (χ3v) is 3.68. The highest BCUT2D eigenvalue weighted by Crippen LogP contribution is 2.25. The summed E-state index contributed by atoms with van der Waals surface area (Å²) in [6, 6.07) is 16.5. The molecule has 1 aromatic heterocycles. The maximum atomic E-state index is 6.16. The topological polar surface area (TPSA) is 43.8 Å². The van der Waals surface area contributed by atoms with Crippen LogP contribution in [0.1, 0.15) is 16.7 Å². The van der Waals surface area contributed by atoms with Crippen LogP contribution < -0.4 is 5.73 Å². The minimum atomic E-state index is 0.652. The number of hydrogen-bond donors (Lipinski definition) is 1. The van der Waals surface area contributed by atoms with Crippen LogP contribution in [0.2, 0.25) is 0 Å². The highest BCUT2D eigenvalue weighted by molar-refractivity contribution is 5.64. The Hall–Kier alpha value is -2.55. The number of hydrogen-bond acceptors (Lipinski definition) is 2. The van der Waals surface area contributed by atoms with E-state index in [-0.39, 0.29) is 0 Å². The lowest BCUT2D eigenvalue weighted by Crippen LogP contribution is -2.04. The highest BCUT2D eigenvalue weighted by atomic mass is 15.3. The van der Waals surface area contributed by atoms with Gasteiger partial charge in [0, 0.05) is 11.6 Å². The maximum Gasteiger partial charge on any atom is 0.127 e. The second-order valence-electron chi connectivity index (χ2n) is 5.52. The van der Waals surface area contributed by atoms with Crippen LogP contribution in [-0.4, -0.2) is 9.78 Å². The van der Waals surface area contributed by atoms with Gasteiger partial charge in [-0.3, -0.25) is 0 Å². The molecule has 2 N–H and O–H groups in total. The van der Waals surface area contributed by atoms with Crippen molar-refractivity contribution in [2.75, 3.05) is 5.73 Å². The van der Waals surface area contributed by atoms with Crippen molar-refractivity contribution >= 4 is 5.82 Å². The average Bonchev–Trinajstić information content (AvgIpc) is 2.84. The monoisotopic (exact) mass is 277 g/mol. The van der Waals surface area contributed by atoms with Crippen molar-refractivity contribution in [3.8, 4) is 16.9 Å². The number of anilines is 1. The third-order valence-electron chi connectivity index (χ3n) is 3.68. The predicted molar refractivity (Wildman–Crippen MR) is 87.6 cm³/mol. The van der Waals surface area contributed by atoms with E-state index < -0.39 is 0 Å². The molecule has 0 bridgehead atoms. The molecule has 0 aliphatic rings. The fraction of sp³-hybridized carbons (Fsp3) is 0.167. The van der Waals surface area contributed by atoms with Gasteiger partial charge in [0.2, 0.25) is 0 Å². The van der Waals surface area contributed by atoms with Crippen molar-refractivity contribution in [2.24, 2.45) is 0 Å². The number of nitrogens with zero attached hydrogens (tertiary/aromatic N) is 2. The zero-order chi connectivity index (χ0) is 15.0. The summed E-state index contributed by atoms with van der Waals surface area (Å²) < 4.78 is 1.82. The molecule has 0 aliphatic carbocycles. The summed E-state index contributed by atoms with van der Waals surface area (Å²) in [5.74, 6) is 0.652.